The molecule has 188 valence electrons. The zero-order valence-electron chi connectivity index (χ0n) is 19.5. The van der Waals surface area contributed by atoms with Crippen LogP contribution in [0.2, 0.25) is 5.28 Å². The summed E-state index contributed by atoms with van der Waals surface area (Å²) in [6.07, 6.45) is 3.30. The normalized spacial score (nSPS) is 32.9. The highest BCUT2D eigenvalue weighted by atomic mass is 35.5. The van der Waals surface area contributed by atoms with Gasteiger partial charge in [-0.1, -0.05) is 18.2 Å². The third kappa shape index (κ3) is 4.14. The Morgan fingerprint density at radius 3 is 2.43 bits per heavy atom. The Hall–Kier alpha value is -2.13. The van der Waals surface area contributed by atoms with Gasteiger partial charge >= 0.3 is 6.18 Å². The molecule has 4 bridgehead atoms. The van der Waals surface area contributed by atoms with Crippen molar-refractivity contribution >= 4 is 17.5 Å². The molecule has 0 N–H and O–H groups in total. The molecular weight excluding hydrogens is 479 g/mol. The van der Waals surface area contributed by atoms with Crippen molar-refractivity contribution in [3.05, 3.63) is 47.0 Å². The van der Waals surface area contributed by atoms with Gasteiger partial charge < -0.3 is 4.90 Å². The first-order valence-electron chi connectivity index (χ1n) is 12.4. The van der Waals surface area contributed by atoms with E-state index in [2.05, 4.69) is 15.0 Å². The number of hydrogen-bond acceptors (Lipinski definition) is 4. The Balaban J connectivity index is 1.14. The average Bonchev–Trinajstić information content (AvgIpc) is 3.25. The first-order chi connectivity index (χ1) is 16.6. The number of piperazine rings is 1. The van der Waals surface area contributed by atoms with Crippen molar-refractivity contribution in [3.63, 3.8) is 0 Å². The van der Waals surface area contributed by atoms with Gasteiger partial charge in [-0.15, -0.1) is 5.10 Å². The Kier molecular flexibility index (Phi) is 5.45. The summed E-state index contributed by atoms with van der Waals surface area (Å²) in [5.41, 5.74) is -0.501. The van der Waals surface area contributed by atoms with Gasteiger partial charge in [0.2, 0.25) is 11.2 Å². The predicted octanol–water partition coefficient (Wildman–Crippen LogP) is 4.59. The number of rotatable bonds is 4. The fourth-order valence-corrected chi connectivity index (χ4v) is 7.88. The van der Waals surface area contributed by atoms with E-state index in [-0.39, 0.29) is 22.1 Å². The van der Waals surface area contributed by atoms with Gasteiger partial charge in [-0.3, -0.25) is 9.69 Å². The number of aromatic nitrogens is 3. The predicted molar refractivity (Wildman–Crippen MR) is 123 cm³/mol. The smallest absolute Gasteiger partial charge is 0.340 e. The SMILES string of the molecule is O=C(N1CCN(Cc2cccc(C(F)(F)F)c2)CC1)C12CC3CC(C1)CC(n1cnc(Cl)n1)(C3)C2. The number of amides is 1. The minimum absolute atomic E-state index is 0.175. The molecule has 1 saturated heterocycles. The van der Waals surface area contributed by atoms with Crippen LogP contribution in [0.3, 0.4) is 0 Å². The van der Waals surface area contributed by atoms with Crippen LogP contribution in [0.1, 0.15) is 49.7 Å². The van der Waals surface area contributed by atoms with Crippen LogP contribution in [0.4, 0.5) is 13.2 Å². The summed E-state index contributed by atoms with van der Waals surface area (Å²) >= 11 is 6.04. The van der Waals surface area contributed by atoms with Gasteiger partial charge in [0.1, 0.15) is 6.33 Å². The molecule has 1 amide bonds. The lowest BCUT2D eigenvalue weighted by atomic mass is 9.46. The maximum absolute atomic E-state index is 14.0. The van der Waals surface area contributed by atoms with E-state index in [0.29, 0.717) is 50.1 Å². The van der Waals surface area contributed by atoms with E-state index in [4.69, 9.17) is 11.6 Å². The van der Waals surface area contributed by atoms with Crippen molar-refractivity contribution < 1.29 is 18.0 Å². The van der Waals surface area contributed by atoms with E-state index in [1.165, 1.54) is 18.6 Å². The zero-order chi connectivity index (χ0) is 24.4. The largest absolute Gasteiger partial charge is 0.416 e. The number of hydrogen-bond donors (Lipinski definition) is 0. The van der Waals surface area contributed by atoms with E-state index < -0.39 is 11.7 Å². The summed E-state index contributed by atoms with van der Waals surface area (Å²) < 4.78 is 41.1. The molecule has 5 fully saturated rings. The molecule has 0 spiro atoms. The molecule has 4 aliphatic carbocycles. The number of nitrogens with zero attached hydrogens (tertiary/aromatic N) is 5. The summed E-state index contributed by atoms with van der Waals surface area (Å²) in [6, 6.07) is 5.52. The van der Waals surface area contributed by atoms with Crippen LogP contribution in [0.25, 0.3) is 0 Å². The summed E-state index contributed by atoms with van der Waals surface area (Å²) in [4.78, 5) is 22.2. The molecule has 2 unspecified atom stereocenters. The topological polar surface area (TPSA) is 54.3 Å². The van der Waals surface area contributed by atoms with Gasteiger partial charge in [0.25, 0.3) is 0 Å². The van der Waals surface area contributed by atoms with Crippen molar-refractivity contribution in [2.45, 2.75) is 56.8 Å². The minimum atomic E-state index is -4.34. The Morgan fingerprint density at radius 2 is 1.80 bits per heavy atom. The molecule has 2 aromatic rings. The molecule has 1 aliphatic heterocycles. The lowest BCUT2D eigenvalue weighted by Crippen LogP contribution is -2.62. The summed E-state index contributed by atoms with van der Waals surface area (Å²) in [7, 11) is 0. The highest BCUT2D eigenvalue weighted by Gasteiger charge is 2.62. The summed E-state index contributed by atoms with van der Waals surface area (Å²) in [5.74, 6) is 1.29. The van der Waals surface area contributed by atoms with Crippen molar-refractivity contribution in [2.75, 3.05) is 26.2 Å². The van der Waals surface area contributed by atoms with Crippen LogP contribution in [-0.4, -0.2) is 56.7 Å². The monoisotopic (exact) mass is 507 g/mol. The molecule has 0 radical (unpaired) electrons. The van der Waals surface area contributed by atoms with Gasteiger partial charge in [-0.05, 0) is 73.6 Å². The Labute approximate surface area is 207 Å². The van der Waals surface area contributed by atoms with Gasteiger partial charge in [0.15, 0.2) is 0 Å². The second-order valence-corrected chi connectivity index (χ2v) is 11.5. The van der Waals surface area contributed by atoms with E-state index in [1.807, 2.05) is 9.58 Å². The van der Waals surface area contributed by atoms with Gasteiger partial charge in [0, 0.05) is 32.7 Å². The summed E-state index contributed by atoms with van der Waals surface area (Å²) in [6.45, 7) is 3.00. The fourth-order valence-electron chi connectivity index (χ4n) is 7.75. The average molecular weight is 508 g/mol. The summed E-state index contributed by atoms with van der Waals surface area (Å²) in [5, 5.41) is 4.69. The van der Waals surface area contributed by atoms with E-state index in [0.717, 1.165) is 38.2 Å². The number of alkyl halides is 3. The van der Waals surface area contributed by atoms with Crippen LogP contribution in [-0.2, 0) is 23.1 Å². The molecule has 7 rings (SSSR count). The lowest BCUT2D eigenvalue weighted by molar-refractivity contribution is -0.168. The lowest BCUT2D eigenvalue weighted by Gasteiger charge is -2.61. The van der Waals surface area contributed by atoms with Crippen LogP contribution in [0.5, 0.6) is 0 Å². The number of carbonyl (C=O) groups excluding carboxylic acids is 1. The number of halogens is 4. The molecule has 2 atom stereocenters. The first-order valence-corrected chi connectivity index (χ1v) is 12.8. The minimum Gasteiger partial charge on any atom is -0.340 e. The Morgan fingerprint density at radius 1 is 1.09 bits per heavy atom. The van der Waals surface area contributed by atoms with Gasteiger partial charge in [0.05, 0.1) is 16.5 Å². The second-order valence-electron chi connectivity index (χ2n) is 11.2. The van der Waals surface area contributed by atoms with Crippen molar-refractivity contribution in [1.82, 2.24) is 24.6 Å². The highest BCUT2D eigenvalue weighted by molar-refractivity contribution is 6.28. The van der Waals surface area contributed by atoms with Crippen LogP contribution < -0.4 is 0 Å². The third-order valence-electron chi connectivity index (χ3n) is 8.75. The van der Waals surface area contributed by atoms with Crippen molar-refractivity contribution in [3.8, 4) is 0 Å². The quantitative estimate of drug-likeness (QED) is 0.607. The van der Waals surface area contributed by atoms with Gasteiger partial charge in [-0.25, -0.2) is 9.67 Å². The van der Waals surface area contributed by atoms with E-state index in [9.17, 15) is 18.0 Å². The molecule has 2 heterocycles. The highest BCUT2D eigenvalue weighted by Crippen LogP contribution is 2.64. The molecule has 10 heteroatoms. The van der Waals surface area contributed by atoms with Crippen molar-refractivity contribution in [1.29, 1.82) is 0 Å². The molecule has 1 aromatic heterocycles. The van der Waals surface area contributed by atoms with Crippen LogP contribution in [0.15, 0.2) is 30.6 Å². The van der Waals surface area contributed by atoms with E-state index in [1.54, 1.807) is 12.4 Å². The number of carbonyl (C=O) groups is 1. The van der Waals surface area contributed by atoms with Crippen LogP contribution in [0, 0.1) is 17.3 Å². The molecular formula is C25H29ClF3N5O. The molecule has 35 heavy (non-hydrogen) atoms. The molecule has 1 aromatic carbocycles. The third-order valence-corrected chi connectivity index (χ3v) is 8.93. The maximum atomic E-state index is 14.0. The molecule has 6 nitrogen and oxygen atoms in total. The second kappa shape index (κ2) is 8.20. The molecule has 4 saturated carbocycles. The maximum Gasteiger partial charge on any atom is 0.416 e. The Bertz CT molecular complexity index is 1110. The van der Waals surface area contributed by atoms with Crippen LogP contribution >= 0.6 is 11.6 Å². The van der Waals surface area contributed by atoms with E-state index >= 15 is 0 Å². The first kappa shape index (κ1) is 23.3. The zero-order valence-corrected chi connectivity index (χ0v) is 20.2. The number of benzene rings is 1. The standard InChI is InChI=1S/C25H29ClF3N5O/c26-22-30-16-34(31-22)24-12-18-8-19(13-24)11-23(10-18,15-24)21(35)33-6-4-32(5-7-33)14-17-2-1-3-20(9-17)25(27,28)29/h1-3,9,16,18-19H,4-8,10-15H2. The molecule has 5 aliphatic rings. The fraction of sp³-hybridized carbons (Fsp3) is 0.640. The van der Waals surface area contributed by atoms with Crippen molar-refractivity contribution in [2.24, 2.45) is 17.3 Å². The van der Waals surface area contributed by atoms with Gasteiger partial charge in [-0.2, -0.15) is 13.2 Å².